The van der Waals surface area contributed by atoms with Gasteiger partial charge >= 0.3 is 21.1 Å². The molecule has 0 bridgehead atoms. The molecule has 0 radical (unpaired) electrons. The van der Waals surface area contributed by atoms with E-state index in [2.05, 4.69) is 195 Å². The molecule has 0 spiro atoms. The fraction of sp³-hybridized carbons (Fsp3) is 0.137. The summed E-state index contributed by atoms with van der Waals surface area (Å²) in [6, 6.07) is 53.2. The Morgan fingerprint density at radius 2 is 1.16 bits per heavy atom. The summed E-state index contributed by atoms with van der Waals surface area (Å²) < 4.78 is 6.64. The quantitative estimate of drug-likeness (QED) is 0.161. The Morgan fingerprint density at radius 1 is 0.579 bits per heavy atom. The summed E-state index contributed by atoms with van der Waals surface area (Å²) in [5.74, 6) is 0.884. The van der Waals surface area contributed by atoms with Crippen LogP contribution in [-0.2, 0) is 26.5 Å². The van der Waals surface area contributed by atoms with Gasteiger partial charge in [0.2, 0.25) is 0 Å². The number of aryl methyl sites for hydroxylation is 3. The summed E-state index contributed by atoms with van der Waals surface area (Å²) >= 11 is 0. The Balaban J connectivity index is 0.00000422. The maximum Gasteiger partial charge on any atom is 2.00 e. The zero-order valence-electron chi connectivity index (χ0n) is 32.8. The maximum absolute atomic E-state index is 5.10. The number of rotatable bonds is 5. The predicted octanol–water partition coefficient (Wildman–Crippen LogP) is 12.6. The van der Waals surface area contributed by atoms with Crippen molar-refractivity contribution >= 4 is 43.6 Å². The molecule has 280 valence electrons. The van der Waals surface area contributed by atoms with Crippen molar-refractivity contribution in [3.63, 3.8) is 0 Å². The Hall–Kier alpha value is -6.03. The molecule has 0 amide bonds. The van der Waals surface area contributed by atoms with Gasteiger partial charge in [-0.1, -0.05) is 122 Å². The second kappa shape index (κ2) is 13.9. The molecule has 6 aromatic carbocycles. The van der Waals surface area contributed by atoms with Crippen molar-refractivity contribution in [2.45, 2.75) is 47.0 Å². The van der Waals surface area contributed by atoms with E-state index in [1.165, 1.54) is 33.2 Å². The third-order valence-corrected chi connectivity index (χ3v) is 11.2. The number of nitrogens with zero attached hydrogens (tertiary/aromatic N) is 5. The van der Waals surface area contributed by atoms with Gasteiger partial charge in [-0.2, -0.15) is 17.2 Å². The van der Waals surface area contributed by atoms with Gasteiger partial charge in [0.05, 0.1) is 11.9 Å². The molecule has 5 nitrogen and oxygen atoms in total. The average molecular weight is 919 g/mol. The van der Waals surface area contributed by atoms with E-state index >= 15 is 0 Å². The first-order valence-electron chi connectivity index (χ1n) is 19.3. The molecule has 0 aliphatic carbocycles. The van der Waals surface area contributed by atoms with E-state index < -0.39 is 0 Å². The maximum atomic E-state index is 5.10. The topological polar surface area (TPSA) is 40.6 Å². The van der Waals surface area contributed by atoms with Gasteiger partial charge in [-0.15, -0.1) is 35.0 Å². The van der Waals surface area contributed by atoms with Crippen LogP contribution >= 0.6 is 0 Å². The van der Waals surface area contributed by atoms with Crippen LogP contribution in [0.4, 0.5) is 0 Å². The van der Waals surface area contributed by atoms with Crippen molar-refractivity contribution in [2.75, 3.05) is 0 Å². The summed E-state index contributed by atoms with van der Waals surface area (Å²) in [6.45, 7) is 13.3. The van der Waals surface area contributed by atoms with Gasteiger partial charge in [0, 0.05) is 28.4 Å². The normalized spacial score (nSPS) is 11.9. The minimum Gasteiger partial charge on any atom is -0.358 e. The molecule has 0 aliphatic heterocycles. The van der Waals surface area contributed by atoms with Crippen molar-refractivity contribution in [1.82, 2.24) is 23.9 Å². The first-order chi connectivity index (χ1) is 27.2. The molecule has 4 aromatic heterocycles. The van der Waals surface area contributed by atoms with Crippen LogP contribution in [0.5, 0.6) is 0 Å². The van der Waals surface area contributed by atoms with Gasteiger partial charge < -0.3 is 9.13 Å². The molecule has 0 N–H and O–H groups in total. The van der Waals surface area contributed by atoms with Crippen LogP contribution < -0.4 is 0 Å². The van der Waals surface area contributed by atoms with Crippen LogP contribution in [0.3, 0.4) is 0 Å². The zero-order valence-corrected chi connectivity index (χ0v) is 35.1. The second-order valence-corrected chi connectivity index (χ2v) is 16.0. The van der Waals surface area contributed by atoms with Crippen LogP contribution in [0, 0.1) is 32.9 Å². The molecule has 0 saturated carbocycles. The smallest absolute Gasteiger partial charge is 0.358 e. The Morgan fingerprint density at radius 3 is 1.82 bits per heavy atom. The number of para-hydroxylation sites is 2. The van der Waals surface area contributed by atoms with E-state index in [0.29, 0.717) is 0 Å². The first-order valence-corrected chi connectivity index (χ1v) is 19.3. The molecule has 4 heterocycles. The standard InChI is InChI=1S/C51H41N5.Pt/c1-32-26-33(2)49(34(3)27-32)50-43(35-14-8-7-9-15-35)31-53-56(50)38-21-23-41-39-16-10-12-18-44(39)54(46(41)30-38)37-20-22-42-40-17-11-13-19-45(40)55(47(42)29-37)48-28-36(24-25-52-48)51(4,5)6;/h7-28,31H,1-6H3;/q-2;+2. The van der Waals surface area contributed by atoms with Crippen molar-refractivity contribution < 1.29 is 21.1 Å². The molecule has 0 unspecified atom stereocenters. The molecule has 10 rings (SSSR count). The number of hydrogen-bond acceptors (Lipinski definition) is 2. The van der Waals surface area contributed by atoms with Gasteiger partial charge in [0.15, 0.2) is 0 Å². The van der Waals surface area contributed by atoms with Gasteiger partial charge in [0.1, 0.15) is 5.82 Å². The second-order valence-electron chi connectivity index (χ2n) is 16.0. The van der Waals surface area contributed by atoms with E-state index in [1.54, 1.807) is 0 Å². The van der Waals surface area contributed by atoms with Crippen LogP contribution in [0.2, 0.25) is 0 Å². The monoisotopic (exact) mass is 918 g/mol. The third-order valence-electron chi connectivity index (χ3n) is 11.2. The largest absolute Gasteiger partial charge is 2.00 e. The molecule has 0 atom stereocenters. The van der Waals surface area contributed by atoms with E-state index in [-0.39, 0.29) is 26.5 Å². The van der Waals surface area contributed by atoms with Crippen molar-refractivity contribution in [3.8, 4) is 39.6 Å². The summed E-state index contributed by atoms with van der Waals surface area (Å²) in [5.41, 5.74) is 15.3. The summed E-state index contributed by atoms with van der Waals surface area (Å²) in [6.07, 6.45) is 3.93. The first kappa shape index (κ1) is 36.6. The Bertz CT molecular complexity index is 3130. The van der Waals surface area contributed by atoms with E-state index in [9.17, 15) is 0 Å². The van der Waals surface area contributed by atoms with Crippen LogP contribution in [-0.4, -0.2) is 23.9 Å². The number of benzene rings is 6. The van der Waals surface area contributed by atoms with E-state index in [4.69, 9.17) is 10.1 Å². The SMILES string of the molecule is Cc1cc(C)c(-c2c(-c3ccccc3)cnn2-c2[c-]c3c(cc2)c2ccccc2n3-c2[c-]c3c(cc2)c2ccccc2n3-c2cc(C(C)(C)C)ccn2)c(C)c1.[Pt+2]. The number of hydrogen-bond donors (Lipinski definition) is 0. The average Bonchev–Trinajstić information content (AvgIpc) is 3.87. The minimum absolute atomic E-state index is 0. The van der Waals surface area contributed by atoms with Gasteiger partial charge in [0.25, 0.3) is 0 Å². The number of aromatic nitrogens is 5. The van der Waals surface area contributed by atoms with Crippen LogP contribution in [0.25, 0.3) is 83.2 Å². The molecule has 10 aromatic rings. The van der Waals surface area contributed by atoms with Crippen molar-refractivity contribution in [1.29, 1.82) is 0 Å². The molecule has 0 saturated heterocycles. The summed E-state index contributed by atoms with van der Waals surface area (Å²) in [4.78, 5) is 4.93. The van der Waals surface area contributed by atoms with Gasteiger partial charge in [-0.25, -0.2) is 4.98 Å². The van der Waals surface area contributed by atoms with Crippen LogP contribution in [0.1, 0.15) is 43.0 Å². The molecule has 0 fully saturated rings. The Labute approximate surface area is 347 Å². The van der Waals surface area contributed by atoms with Crippen molar-refractivity contribution in [3.05, 3.63) is 174 Å². The molecular weight excluding hydrogens is 878 g/mol. The Kier molecular flexibility index (Phi) is 8.90. The van der Waals surface area contributed by atoms with Gasteiger partial charge in [-0.05, 0) is 89.2 Å². The molecular formula is C51H41N5Pt. The summed E-state index contributed by atoms with van der Waals surface area (Å²) in [7, 11) is 0. The summed E-state index contributed by atoms with van der Waals surface area (Å²) in [5, 5.41) is 9.69. The minimum atomic E-state index is -0.0189. The fourth-order valence-electron chi connectivity index (χ4n) is 8.67. The molecule has 57 heavy (non-hydrogen) atoms. The fourth-order valence-corrected chi connectivity index (χ4v) is 8.67. The number of pyridine rings is 1. The third kappa shape index (κ3) is 5.95. The van der Waals surface area contributed by atoms with E-state index in [1.807, 2.05) is 12.4 Å². The predicted molar refractivity (Wildman–Crippen MR) is 231 cm³/mol. The zero-order chi connectivity index (χ0) is 38.3. The van der Waals surface area contributed by atoms with Crippen LogP contribution in [0.15, 0.2) is 140 Å². The van der Waals surface area contributed by atoms with Gasteiger partial charge in [-0.3, -0.25) is 4.68 Å². The molecule has 6 heteroatoms. The van der Waals surface area contributed by atoms with E-state index in [0.717, 1.165) is 72.2 Å². The number of fused-ring (bicyclic) bond motifs is 6. The van der Waals surface area contributed by atoms with Crippen molar-refractivity contribution in [2.24, 2.45) is 0 Å². The molecule has 0 aliphatic rings.